The second kappa shape index (κ2) is 24.8. The van der Waals surface area contributed by atoms with Crippen molar-refractivity contribution in [3.8, 4) is 0 Å². The molecular weight excluding hydrogens is 847 g/mol. The molecule has 0 aromatic heterocycles. The fourth-order valence-electron chi connectivity index (χ4n) is 9.61. The molecule has 1 amide bonds. The predicted molar refractivity (Wildman–Crippen MR) is 243 cm³/mol. The van der Waals surface area contributed by atoms with Gasteiger partial charge < -0.3 is 63.3 Å². The fraction of sp³-hybridized carbons (Fsp3) is 0.519. The molecule has 0 aliphatic carbocycles. The van der Waals surface area contributed by atoms with Crippen LogP contribution >= 0.6 is 0 Å². The average Bonchev–Trinajstić information content (AvgIpc) is 3.33. The van der Waals surface area contributed by atoms with Crippen molar-refractivity contribution in [1.29, 1.82) is 0 Å². The van der Waals surface area contributed by atoms with Crippen LogP contribution in [-0.2, 0) is 73.9 Å². The van der Waals surface area contributed by atoms with E-state index in [2.05, 4.69) is 5.32 Å². The van der Waals surface area contributed by atoms with Crippen molar-refractivity contribution in [2.45, 2.75) is 140 Å². The van der Waals surface area contributed by atoms with E-state index in [0.717, 1.165) is 22.3 Å². The van der Waals surface area contributed by atoms with Gasteiger partial charge in [-0.25, -0.2) is 0 Å². The van der Waals surface area contributed by atoms with Crippen molar-refractivity contribution in [2.75, 3.05) is 20.5 Å². The number of amides is 1. The summed E-state index contributed by atoms with van der Waals surface area (Å²) in [6, 6.07) is 38.4. The molecule has 0 bridgehead atoms. The Morgan fingerprint density at radius 1 is 0.545 bits per heavy atom. The van der Waals surface area contributed by atoms with E-state index in [1.165, 1.54) is 14.0 Å². The van der Waals surface area contributed by atoms with Crippen molar-refractivity contribution in [3.63, 3.8) is 0 Å². The maximum Gasteiger partial charge on any atom is 0.217 e. The van der Waals surface area contributed by atoms with Gasteiger partial charge in [0.15, 0.2) is 6.29 Å². The van der Waals surface area contributed by atoms with Gasteiger partial charge in [-0.2, -0.15) is 0 Å². The molecule has 66 heavy (non-hydrogen) atoms. The Balaban J connectivity index is 1.22. The number of nitrogens with one attached hydrogen (secondary N) is 1. The Bertz CT molecular complexity index is 2000. The lowest BCUT2D eigenvalue weighted by Gasteiger charge is -2.51. The number of rotatable bonds is 21. The monoisotopic (exact) mass is 913 g/mol. The molecule has 15 atom stereocenters. The molecule has 3 saturated heterocycles. The minimum atomic E-state index is -1.24. The van der Waals surface area contributed by atoms with Crippen LogP contribution in [0.1, 0.15) is 55.9 Å². The summed E-state index contributed by atoms with van der Waals surface area (Å²) in [5, 5.41) is 37.9. The average molecular weight is 914 g/mol. The van der Waals surface area contributed by atoms with E-state index in [4.69, 9.17) is 42.6 Å². The van der Waals surface area contributed by atoms with Gasteiger partial charge >= 0.3 is 0 Å². The molecule has 0 saturated carbocycles. The van der Waals surface area contributed by atoms with E-state index in [1.807, 2.05) is 135 Å². The second-order valence-electron chi connectivity index (χ2n) is 17.6. The molecule has 0 radical (unpaired) electrons. The maximum absolute atomic E-state index is 12.9. The Morgan fingerprint density at radius 3 is 1.50 bits per heavy atom. The number of aliphatic hydroxyl groups excluding tert-OH is 3. The molecule has 4 N–H and O–H groups in total. The first-order valence-corrected chi connectivity index (χ1v) is 23.1. The zero-order chi connectivity index (χ0) is 46.4. The topological polar surface area (TPSA) is 173 Å². The summed E-state index contributed by atoms with van der Waals surface area (Å²) in [4.78, 5) is 12.9. The molecular formula is C52H67NO13. The maximum atomic E-state index is 12.9. The molecule has 0 unspecified atom stereocenters. The summed E-state index contributed by atoms with van der Waals surface area (Å²) >= 11 is 0. The van der Waals surface area contributed by atoms with E-state index in [0.29, 0.717) is 6.61 Å². The lowest BCUT2D eigenvalue weighted by molar-refractivity contribution is -0.283. The zero-order valence-electron chi connectivity index (χ0n) is 38.3. The van der Waals surface area contributed by atoms with Gasteiger partial charge in [-0.05, 0) is 48.9 Å². The van der Waals surface area contributed by atoms with E-state index in [1.54, 1.807) is 0 Å². The van der Waals surface area contributed by atoms with Gasteiger partial charge in [-0.15, -0.1) is 0 Å². The van der Waals surface area contributed by atoms with Gasteiger partial charge in [0.2, 0.25) is 5.91 Å². The second-order valence-corrected chi connectivity index (χ2v) is 17.6. The Kier molecular flexibility index (Phi) is 18.7. The molecule has 3 aliphatic heterocycles. The van der Waals surface area contributed by atoms with Crippen LogP contribution < -0.4 is 5.32 Å². The number of benzene rings is 4. The van der Waals surface area contributed by atoms with Crippen molar-refractivity contribution in [2.24, 2.45) is 11.8 Å². The van der Waals surface area contributed by atoms with Crippen molar-refractivity contribution in [3.05, 3.63) is 144 Å². The van der Waals surface area contributed by atoms with Gasteiger partial charge in [0, 0.05) is 25.9 Å². The Morgan fingerprint density at radius 2 is 1.00 bits per heavy atom. The summed E-state index contributed by atoms with van der Waals surface area (Å²) in [5.74, 6) is -1.78. The zero-order valence-corrected chi connectivity index (χ0v) is 38.3. The highest BCUT2D eigenvalue weighted by Gasteiger charge is 2.54. The van der Waals surface area contributed by atoms with Crippen LogP contribution in [0.15, 0.2) is 121 Å². The number of ether oxygens (including phenoxy) is 9. The minimum absolute atomic E-state index is 0.0790. The number of hydrogen-bond donors (Lipinski definition) is 4. The molecule has 3 aliphatic rings. The molecule has 4 aromatic rings. The van der Waals surface area contributed by atoms with Gasteiger partial charge in [-0.1, -0.05) is 121 Å². The van der Waals surface area contributed by atoms with E-state index >= 15 is 0 Å². The van der Waals surface area contributed by atoms with Crippen molar-refractivity contribution < 1.29 is 62.7 Å². The minimum Gasteiger partial charge on any atom is -0.394 e. The lowest BCUT2D eigenvalue weighted by atomic mass is 9.74. The number of carbonyl (C=O) groups is 1. The van der Waals surface area contributed by atoms with Crippen LogP contribution in [0, 0.1) is 11.8 Å². The lowest BCUT2D eigenvalue weighted by Crippen LogP contribution is -2.64. The van der Waals surface area contributed by atoms with Gasteiger partial charge in [0.25, 0.3) is 0 Å². The van der Waals surface area contributed by atoms with Gasteiger partial charge in [0.1, 0.15) is 37.3 Å². The summed E-state index contributed by atoms with van der Waals surface area (Å²) in [7, 11) is 1.52. The molecule has 7 rings (SSSR count). The largest absolute Gasteiger partial charge is 0.394 e. The predicted octanol–water partition coefficient (Wildman–Crippen LogP) is 5.48. The van der Waals surface area contributed by atoms with E-state index in [9.17, 15) is 20.1 Å². The first kappa shape index (κ1) is 49.8. The number of aliphatic hydroxyl groups is 3. The third-order valence-electron chi connectivity index (χ3n) is 12.9. The van der Waals surface area contributed by atoms with Crippen molar-refractivity contribution in [1.82, 2.24) is 5.32 Å². The van der Waals surface area contributed by atoms with Crippen molar-refractivity contribution >= 4 is 5.91 Å². The number of methoxy groups -OCH3 is 1. The molecule has 0 spiro atoms. The Labute approximate surface area is 388 Å². The van der Waals surface area contributed by atoms with E-state index in [-0.39, 0.29) is 45.4 Å². The molecule has 3 fully saturated rings. The van der Waals surface area contributed by atoms with Crippen LogP contribution in [0.4, 0.5) is 0 Å². The van der Waals surface area contributed by atoms with Crippen LogP contribution in [0.5, 0.6) is 0 Å². The van der Waals surface area contributed by atoms with Gasteiger partial charge in [-0.3, -0.25) is 4.79 Å². The molecule has 358 valence electrons. The van der Waals surface area contributed by atoms with Crippen LogP contribution in [0.3, 0.4) is 0 Å². The molecule has 4 aromatic carbocycles. The summed E-state index contributed by atoms with van der Waals surface area (Å²) < 4.78 is 58.2. The quantitative estimate of drug-likeness (QED) is 0.0776. The van der Waals surface area contributed by atoms with Gasteiger partial charge in [0.05, 0.1) is 75.7 Å². The number of hydrogen-bond acceptors (Lipinski definition) is 13. The first-order chi connectivity index (χ1) is 32.1. The third-order valence-corrected chi connectivity index (χ3v) is 12.9. The first-order valence-electron chi connectivity index (χ1n) is 23.1. The fourth-order valence-corrected chi connectivity index (χ4v) is 9.61. The smallest absolute Gasteiger partial charge is 0.217 e. The molecule has 3 heterocycles. The van der Waals surface area contributed by atoms with Crippen LogP contribution in [-0.4, -0.2) is 121 Å². The standard InChI is InChI=1S/C52H67NO13/c1-33-48(63-32-58-4)47(57)40(42(64-33)26-41-45(53-35(3)55)52(66-44(27-54)46(41)56)62-31-39-23-15-8-16-24-39)25-43-50(60-29-37-19-11-6-12-20-37)51(61-30-38-21-13-7-14-22-38)49(34(2)65-43)59-28-36-17-9-5-10-18-36/h5-24,33-34,40-52,54,56-57H,25-32H2,1-4H3,(H,53,55)/t33-,34-,40-,41+,42-,43-,44+,45+,46-,47+,48+,49+,50+,51+,52-/m0/s1. The third kappa shape index (κ3) is 13.1. The highest BCUT2D eigenvalue weighted by molar-refractivity contribution is 5.73. The normalized spacial score (nSPS) is 32.4. The summed E-state index contributed by atoms with van der Waals surface area (Å²) in [6.07, 6.45) is -9.22. The molecule has 14 heteroatoms. The summed E-state index contributed by atoms with van der Waals surface area (Å²) in [6.45, 7) is 5.62. The van der Waals surface area contributed by atoms with Crippen LogP contribution in [0.2, 0.25) is 0 Å². The van der Waals surface area contributed by atoms with E-state index < -0.39 is 97.9 Å². The Hall–Kier alpha value is -4.13. The highest BCUT2D eigenvalue weighted by atomic mass is 16.7. The summed E-state index contributed by atoms with van der Waals surface area (Å²) in [5.41, 5.74) is 3.82. The number of carbonyl (C=O) groups excluding carboxylic acids is 1. The SMILES string of the molecule is COCO[C@H]1[C@H](O)[C@@H](C[C@@H]2O[C@@H](C)[C@@H](OCc3ccccc3)[C@@H](OCc3ccccc3)[C@@H]2OCc2ccccc2)[C@H](C[C@H]2[C@H](O)[C@@H](CO)O[C@H](OCc3ccccc3)[C@@H]2NC(C)=O)O[C@H]1C. The highest BCUT2D eigenvalue weighted by Crippen LogP contribution is 2.42. The van der Waals surface area contributed by atoms with Crippen LogP contribution in [0.25, 0.3) is 0 Å². The molecule has 14 nitrogen and oxygen atoms in total.